The molecule has 5 nitrogen and oxygen atoms in total. The van der Waals surface area contributed by atoms with E-state index >= 15 is 0 Å². The van der Waals surface area contributed by atoms with E-state index in [2.05, 4.69) is 11.4 Å². The largest absolute Gasteiger partial charge is 0.506 e. The Bertz CT molecular complexity index is 1030. The van der Waals surface area contributed by atoms with Crippen LogP contribution in [0.25, 0.3) is 10.8 Å². The molecule has 28 heavy (non-hydrogen) atoms. The van der Waals surface area contributed by atoms with Crippen molar-refractivity contribution < 1.29 is 19.4 Å². The summed E-state index contributed by atoms with van der Waals surface area (Å²) in [7, 11) is 0. The second kappa shape index (κ2) is 8.57. The van der Waals surface area contributed by atoms with Crippen LogP contribution >= 0.6 is 0 Å². The van der Waals surface area contributed by atoms with E-state index in [1.54, 1.807) is 24.3 Å². The van der Waals surface area contributed by atoms with Crippen LogP contribution in [0.3, 0.4) is 0 Å². The minimum absolute atomic E-state index is 0.0936. The van der Waals surface area contributed by atoms with Gasteiger partial charge in [0.15, 0.2) is 6.29 Å². The molecule has 0 atom stereocenters. The van der Waals surface area contributed by atoms with Crippen LogP contribution < -0.4 is 10.1 Å². The van der Waals surface area contributed by atoms with Crippen LogP contribution in [0.5, 0.6) is 11.5 Å². The van der Waals surface area contributed by atoms with E-state index in [1.807, 2.05) is 26.0 Å². The number of benzene rings is 3. The van der Waals surface area contributed by atoms with Crippen molar-refractivity contribution in [1.82, 2.24) is 5.32 Å². The van der Waals surface area contributed by atoms with E-state index in [0.29, 0.717) is 42.2 Å². The van der Waals surface area contributed by atoms with E-state index in [1.165, 1.54) is 11.6 Å². The third-order valence-corrected chi connectivity index (χ3v) is 4.61. The molecule has 3 aromatic carbocycles. The van der Waals surface area contributed by atoms with Gasteiger partial charge in [0.25, 0.3) is 5.91 Å². The van der Waals surface area contributed by atoms with Crippen LogP contribution in [0.2, 0.25) is 0 Å². The Hall–Kier alpha value is -3.34. The average molecular weight is 377 g/mol. The number of ether oxygens (including phenoxy) is 1. The second-order valence-corrected chi connectivity index (χ2v) is 6.75. The average Bonchev–Trinajstić information content (AvgIpc) is 2.69. The number of aldehydes is 1. The van der Waals surface area contributed by atoms with Gasteiger partial charge in [-0.15, -0.1) is 0 Å². The summed E-state index contributed by atoms with van der Waals surface area (Å²) in [6.07, 6.45) is 1.31. The first kappa shape index (κ1) is 19.4. The number of phenols is 1. The van der Waals surface area contributed by atoms with E-state index in [4.69, 9.17) is 4.74 Å². The highest BCUT2D eigenvalue weighted by Gasteiger charge is 2.16. The first-order valence-corrected chi connectivity index (χ1v) is 9.19. The topological polar surface area (TPSA) is 75.6 Å². The number of rotatable bonds is 7. The van der Waals surface area contributed by atoms with Crippen molar-refractivity contribution in [1.29, 1.82) is 0 Å². The summed E-state index contributed by atoms with van der Waals surface area (Å²) >= 11 is 0. The molecule has 0 bridgehead atoms. The van der Waals surface area contributed by atoms with Crippen molar-refractivity contribution in [2.24, 2.45) is 0 Å². The lowest BCUT2D eigenvalue weighted by Crippen LogP contribution is -2.26. The zero-order valence-electron chi connectivity index (χ0n) is 16.0. The molecule has 1 amide bonds. The van der Waals surface area contributed by atoms with Crippen LogP contribution in [0, 0.1) is 13.8 Å². The minimum atomic E-state index is -0.419. The molecule has 0 unspecified atom stereocenters. The fourth-order valence-electron chi connectivity index (χ4n) is 3.17. The van der Waals surface area contributed by atoms with Crippen LogP contribution in [0.4, 0.5) is 0 Å². The monoisotopic (exact) mass is 377 g/mol. The van der Waals surface area contributed by atoms with Crippen molar-refractivity contribution >= 4 is 23.0 Å². The van der Waals surface area contributed by atoms with Crippen LogP contribution in [0.1, 0.15) is 38.3 Å². The van der Waals surface area contributed by atoms with Gasteiger partial charge in [0, 0.05) is 17.5 Å². The standard InChI is InChI=1S/C23H23NO4/c1-15-8-9-21(16(2)12-15)28-11-5-10-24-23(27)20-13-17(14-25)18-6-3-4-7-19(18)22(20)26/h3-4,6-9,12-14,26H,5,10-11H2,1-2H3,(H,24,27). The van der Waals surface area contributed by atoms with E-state index < -0.39 is 5.91 Å². The predicted molar refractivity (Wildman–Crippen MR) is 109 cm³/mol. The number of nitrogens with one attached hydrogen (secondary N) is 1. The summed E-state index contributed by atoms with van der Waals surface area (Å²) in [6.45, 7) is 4.89. The molecular formula is C23H23NO4. The highest BCUT2D eigenvalue weighted by molar-refractivity contribution is 6.09. The highest BCUT2D eigenvalue weighted by Crippen LogP contribution is 2.31. The van der Waals surface area contributed by atoms with Crippen molar-refractivity contribution in [2.45, 2.75) is 20.3 Å². The van der Waals surface area contributed by atoms with Gasteiger partial charge >= 0.3 is 0 Å². The normalized spacial score (nSPS) is 10.6. The lowest BCUT2D eigenvalue weighted by atomic mass is 9.99. The summed E-state index contributed by atoms with van der Waals surface area (Å²) in [6, 6.07) is 14.4. The Morgan fingerprint density at radius 2 is 1.86 bits per heavy atom. The van der Waals surface area contributed by atoms with Crippen molar-refractivity contribution in [3.63, 3.8) is 0 Å². The number of hydrogen-bond acceptors (Lipinski definition) is 4. The van der Waals surface area contributed by atoms with Gasteiger partial charge in [0.2, 0.25) is 0 Å². The Kier molecular flexibility index (Phi) is 5.94. The Morgan fingerprint density at radius 1 is 1.11 bits per heavy atom. The molecule has 5 heteroatoms. The summed E-state index contributed by atoms with van der Waals surface area (Å²) in [5, 5.41) is 14.3. The minimum Gasteiger partial charge on any atom is -0.506 e. The molecule has 0 aliphatic rings. The maximum Gasteiger partial charge on any atom is 0.255 e. The lowest BCUT2D eigenvalue weighted by Gasteiger charge is -2.12. The first-order chi connectivity index (χ1) is 13.5. The Balaban J connectivity index is 1.61. The van der Waals surface area contributed by atoms with Crippen LogP contribution in [-0.2, 0) is 0 Å². The van der Waals surface area contributed by atoms with Gasteiger partial charge in [-0.25, -0.2) is 0 Å². The SMILES string of the molecule is Cc1ccc(OCCCNC(=O)c2cc(C=O)c3ccccc3c2O)c(C)c1. The van der Waals surface area contributed by atoms with Crippen molar-refractivity contribution in [2.75, 3.05) is 13.2 Å². The van der Waals surface area contributed by atoms with Gasteiger partial charge in [-0.2, -0.15) is 0 Å². The van der Waals surface area contributed by atoms with Gasteiger partial charge in [-0.1, -0.05) is 42.0 Å². The number of fused-ring (bicyclic) bond motifs is 1. The third kappa shape index (κ3) is 4.14. The summed E-state index contributed by atoms with van der Waals surface area (Å²) in [5.74, 6) is 0.294. The quantitative estimate of drug-likeness (QED) is 0.479. The molecule has 0 radical (unpaired) electrons. The number of amides is 1. The smallest absolute Gasteiger partial charge is 0.255 e. The fourth-order valence-corrected chi connectivity index (χ4v) is 3.17. The van der Waals surface area contributed by atoms with Gasteiger partial charge < -0.3 is 15.2 Å². The summed E-state index contributed by atoms with van der Waals surface area (Å²) < 4.78 is 5.75. The van der Waals surface area contributed by atoms with Gasteiger partial charge in [0.1, 0.15) is 11.5 Å². The molecule has 0 heterocycles. The van der Waals surface area contributed by atoms with E-state index in [-0.39, 0.29) is 11.3 Å². The lowest BCUT2D eigenvalue weighted by molar-refractivity contribution is 0.0949. The third-order valence-electron chi connectivity index (χ3n) is 4.61. The first-order valence-electron chi connectivity index (χ1n) is 9.19. The molecule has 0 aliphatic heterocycles. The van der Waals surface area contributed by atoms with Crippen LogP contribution in [-0.4, -0.2) is 30.5 Å². The molecule has 2 N–H and O–H groups in total. The number of carbonyl (C=O) groups is 2. The molecule has 0 aliphatic carbocycles. The summed E-state index contributed by atoms with van der Waals surface area (Å²) in [5.41, 5.74) is 2.72. The summed E-state index contributed by atoms with van der Waals surface area (Å²) in [4.78, 5) is 23.8. The van der Waals surface area contributed by atoms with Crippen molar-refractivity contribution in [3.8, 4) is 11.5 Å². The van der Waals surface area contributed by atoms with Crippen molar-refractivity contribution in [3.05, 3.63) is 70.8 Å². The molecule has 144 valence electrons. The molecule has 0 fully saturated rings. The van der Waals surface area contributed by atoms with E-state index in [0.717, 1.165) is 11.3 Å². The second-order valence-electron chi connectivity index (χ2n) is 6.75. The number of aromatic hydroxyl groups is 1. The highest BCUT2D eigenvalue weighted by atomic mass is 16.5. The predicted octanol–water partition coefficient (Wildman–Crippen LogP) is 4.17. The van der Waals surface area contributed by atoms with Gasteiger partial charge in [-0.3, -0.25) is 9.59 Å². The van der Waals surface area contributed by atoms with E-state index in [9.17, 15) is 14.7 Å². The molecular weight excluding hydrogens is 354 g/mol. The maximum absolute atomic E-state index is 12.5. The molecule has 0 saturated carbocycles. The zero-order chi connectivity index (χ0) is 20.1. The number of aryl methyl sites for hydroxylation is 2. The maximum atomic E-state index is 12.5. The number of carbonyl (C=O) groups excluding carboxylic acids is 2. The van der Waals surface area contributed by atoms with Crippen LogP contribution in [0.15, 0.2) is 48.5 Å². The number of phenolic OH excluding ortho intramolecular Hbond substituents is 1. The molecule has 0 spiro atoms. The molecule has 0 aromatic heterocycles. The van der Waals surface area contributed by atoms with Gasteiger partial charge in [0.05, 0.1) is 12.2 Å². The molecule has 0 saturated heterocycles. The number of hydrogen-bond donors (Lipinski definition) is 2. The Labute approximate surface area is 164 Å². The fraction of sp³-hybridized carbons (Fsp3) is 0.217. The molecule has 3 rings (SSSR count). The van der Waals surface area contributed by atoms with Gasteiger partial charge in [-0.05, 0) is 43.4 Å². The zero-order valence-corrected chi connectivity index (χ0v) is 16.0. The Morgan fingerprint density at radius 3 is 2.57 bits per heavy atom. The molecule has 3 aromatic rings.